The van der Waals surface area contributed by atoms with Crippen LogP contribution in [0.3, 0.4) is 0 Å². The summed E-state index contributed by atoms with van der Waals surface area (Å²) in [6.07, 6.45) is 5.25. The molecule has 1 aromatic rings. The first-order valence-electron chi connectivity index (χ1n) is 6.72. The van der Waals surface area contributed by atoms with Gasteiger partial charge in [0.2, 0.25) is 0 Å². The first-order valence-corrected chi connectivity index (χ1v) is 6.72. The Bertz CT molecular complexity index is 421. The fourth-order valence-corrected chi connectivity index (χ4v) is 2.54. The number of carbonyl (C=O) groups is 1. The molecule has 0 spiro atoms. The van der Waals surface area contributed by atoms with Crippen molar-refractivity contribution in [2.75, 3.05) is 13.1 Å². The van der Waals surface area contributed by atoms with E-state index < -0.39 is 5.97 Å². The Morgan fingerprint density at radius 2 is 1.89 bits per heavy atom. The topological polar surface area (TPSA) is 40.5 Å². The van der Waals surface area contributed by atoms with E-state index in [4.69, 9.17) is 5.11 Å². The number of hydrogen-bond donors (Lipinski definition) is 1. The zero-order chi connectivity index (χ0) is 13.0. The van der Waals surface area contributed by atoms with E-state index in [-0.39, 0.29) is 0 Å². The average Bonchev–Trinajstić information content (AvgIpc) is 2.60. The second kappa shape index (κ2) is 6.01. The molecule has 1 heterocycles. The minimum Gasteiger partial charge on any atom is -0.478 e. The highest BCUT2D eigenvalue weighted by Crippen LogP contribution is 2.17. The number of likely N-dealkylation sites (tertiary alicyclic amines) is 1. The number of hydrogen-bond acceptors (Lipinski definition) is 2. The van der Waals surface area contributed by atoms with Crippen LogP contribution in [0.1, 0.15) is 47.2 Å². The van der Waals surface area contributed by atoms with Crippen molar-refractivity contribution in [2.24, 2.45) is 0 Å². The summed E-state index contributed by atoms with van der Waals surface area (Å²) in [6.45, 7) is 5.28. The van der Waals surface area contributed by atoms with Crippen molar-refractivity contribution in [3.8, 4) is 0 Å². The van der Waals surface area contributed by atoms with E-state index in [1.54, 1.807) is 12.1 Å². The van der Waals surface area contributed by atoms with Crippen LogP contribution in [0, 0.1) is 6.92 Å². The molecule has 18 heavy (non-hydrogen) atoms. The summed E-state index contributed by atoms with van der Waals surface area (Å²) in [5.74, 6) is -0.848. The first kappa shape index (κ1) is 13.1. The van der Waals surface area contributed by atoms with Gasteiger partial charge in [0.15, 0.2) is 0 Å². The van der Waals surface area contributed by atoms with Gasteiger partial charge in [-0.05, 0) is 56.1 Å². The Hall–Kier alpha value is -1.35. The predicted molar refractivity (Wildman–Crippen MR) is 71.9 cm³/mol. The van der Waals surface area contributed by atoms with Crippen molar-refractivity contribution in [2.45, 2.75) is 39.2 Å². The van der Waals surface area contributed by atoms with Gasteiger partial charge in [0.1, 0.15) is 0 Å². The summed E-state index contributed by atoms with van der Waals surface area (Å²) in [6, 6.07) is 5.45. The Morgan fingerprint density at radius 3 is 2.44 bits per heavy atom. The molecule has 0 aromatic heterocycles. The standard InChI is InChI=1S/C15H21NO2/c1-12-10-13(15(17)18)6-7-14(12)11-16-8-4-2-3-5-9-16/h6-7,10H,2-5,8-9,11H2,1H3,(H,17,18). The van der Waals surface area contributed by atoms with Crippen molar-refractivity contribution in [1.29, 1.82) is 0 Å². The average molecular weight is 247 g/mol. The normalized spacial score (nSPS) is 17.4. The number of benzene rings is 1. The quantitative estimate of drug-likeness (QED) is 0.892. The summed E-state index contributed by atoms with van der Waals surface area (Å²) in [7, 11) is 0. The molecule has 0 atom stereocenters. The number of carboxylic acid groups (broad SMARTS) is 1. The maximum absolute atomic E-state index is 10.9. The molecule has 0 unspecified atom stereocenters. The smallest absolute Gasteiger partial charge is 0.335 e. The summed E-state index contributed by atoms with van der Waals surface area (Å²) in [5, 5.41) is 8.95. The second-order valence-electron chi connectivity index (χ2n) is 5.14. The number of rotatable bonds is 3. The maximum Gasteiger partial charge on any atom is 0.335 e. The molecule has 1 aliphatic rings. The molecule has 0 aliphatic carbocycles. The van der Waals surface area contributed by atoms with Gasteiger partial charge in [-0.2, -0.15) is 0 Å². The van der Waals surface area contributed by atoms with Gasteiger partial charge in [-0.3, -0.25) is 4.90 Å². The van der Waals surface area contributed by atoms with Crippen LogP contribution in [0.2, 0.25) is 0 Å². The van der Waals surface area contributed by atoms with Crippen LogP contribution in [0.4, 0.5) is 0 Å². The van der Waals surface area contributed by atoms with Crippen LogP contribution >= 0.6 is 0 Å². The summed E-state index contributed by atoms with van der Waals surface area (Å²) in [5.41, 5.74) is 2.72. The SMILES string of the molecule is Cc1cc(C(=O)O)ccc1CN1CCCCCC1. The van der Waals surface area contributed by atoms with Gasteiger partial charge >= 0.3 is 5.97 Å². The molecule has 0 saturated carbocycles. The molecule has 1 aromatic carbocycles. The van der Waals surface area contributed by atoms with Crippen LogP contribution in [0.15, 0.2) is 18.2 Å². The van der Waals surface area contributed by atoms with E-state index in [1.165, 1.54) is 44.3 Å². The van der Waals surface area contributed by atoms with E-state index in [0.717, 1.165) is 12.1 Å². The maximum atomic E-state index is 10.9. The van der Waals surface area contributed by atoms with Crippen molar-refractivity contribution in [3.05, 3.63) is 34.9 Å². The molecule has 3 nitrogen and oxygen atoms in total. The fourth-order valence-electron chi connectivity index (χ4n) is 2.54. The lowest BCUT2D eigenvalue weighted by atomic mass is 10.0. The van der Waals surface area contributed by atoms with Crippen LogP contribution in [-0.2, 0) is 6.54 Å². The highest BCUT2D eigenvalue weighted by atomic mass is 16.4. The third-order valence-corrected chi connectivity index (χ3v) is 3.68. The van der Waals surface area contributed by atoms with Crippen molar-refractivity contribution in [1.82, 2.24) is 4.90 Å². The lowest BCUT2D eigenvalue weighted by molar-refractivity contribution is 0.0696. The third kappa shape index (κ3) is 3.33. The minimum absolute atomic E-state index is 0.382. The number of aromatic carboxylic acids is 1. The molecular formula is C15H21NO2. The molecule has 0 radical (unpaired) electrons. The van der Waals surface area contributed by atoms with E-state index in [2.05, 4.69) is 4.90 Å². The fraction of sp³-hybridized carbons (Fsp3) is 0.533. The van der Waals surface area contributed by atoms with Crippen LogP contribution in [-0.4, -0.2) is 29.1 Å². The molecule has 1 aliphatic heterocycles. The van der Waals surface area contributed by atoms with E-state index >= 15 is 0 Å². The van der Waals surface area contributed by atoms with Gasteiger partial charge in [-0.25, -0.2) is 4.79 Å². The Morgan fingerprint density at radius 1 is 1.22 bits per heavy atom. The molecule has 0 bridgehead atoms. The summed E-state index contributed by atoms with van der Waals surface area (Å²) < 4.78 is 0. The molecule has 3 heteroatoms. The molecule has 0 amide bonds. The zero-order valence-electron chi connectivity index (χ0n) is 11.0. The van der Waals surface area contributed by atoms with Crippen LogP contribution in [0.25, 0.3) is 0 Å². The Labute approximate surface area is 108 Å². The summed E-state index contributed by atoms with van der Waals surface area (Å²) in [4.78, 5) is 13.4. The largest absolute Gasteiger partial charge is 0.478 e. The molecule has 1 saturated heterocycles. The van der Waals surface area contributed by atoms with Gasteiger partial charge in [0.25, 0.3) is 0 Å². The van der Waals surface area contributed by atoms with E-state index in [1.807, 2.05) is 13.0 Å². The van der Waals surface area contributed by atoms with Crippen molar-refractivity contribution < 1.29 is 9.90 Å². The second-order valence-corrected chi connectivity index (χ2v) is 5.14. The number of nitrogens with zero attached hydrogens (tertiary/aromatic N) is 1. The van der Waals surface area contributed by atoms with Crippen LogP contribution in [0.5, 0.6) is 0 Å². The molecular weight excluding hydrogens is 226 g/mol. The highest BCUT2D eigenvalue weighted by molar-refractivity contribution is 5.87. The van der Waals surface area contributed by atoms with Crippen molar-refractivity contribution in [3.63, 3.8) is 0 Å². The van der Waals surface area contributed by atoms with E-state index in [0.29, 0.717) is 5.56 Å². The van der Waals surface area contributed by atoms with Gasteiger partial charge in [0, 0.05) is 6.54 Å². The third-order valence-electron chi connectivity index (χ3n) is 3.68. The molecule has 1 N–H and O–H groups in total. The van der Waals surface area contributed by atoms with Gasteiger partial charge < -0.3 is 5.11 Å². The Kier molecular flexibility index (Phi) is 4.37. The predicted octanol–water partition coefficient (Wildman–Crippen LogP) is 3.07. The Balaban J connectivity index is 2.06. The van der Waals surface area contributed by atoms with Gasteiger partial charge in [-0.1, -0.05) is 18.9 Å². The summed E-state index contributed by atoms with van der Waals surface area (Å²) >= 11 is 0. The number of aryl methyl sites for hydroxylation is 1. The monoisotopic (exact) mass is 247 g/mol. The minimum atomic E-state index is -0.848. The highest BCUT2D eigenvalue weighted by Gasteiger charge is 2.11. The number of carboxylic acids is 1. The molecule has 98 valence electrons. The zero-order valence-corrected chi connectivity index (χ0v) is 11.0. The van der Waals surface area contributed by atoms with Crippen LogP contribution < -0.4 is 0 Å². The molecule has 1 fully saturated rings. The van der Waals surface area contributed by atoms with Crippen molar-refractivity contribution >= 4 is 5.97 Å². The van der Waals surface area contributed by atoms with Gasteiger partial charge in [0.05, 0.1) is 5.56 Å². The molecule has 2 rings (SSSR count). The van der Waals surface area contributed by atoms with Gasteiger partial charge in [-0.15, -0.1) is 0 Å². The lowest BCUT2D eigenvalue weighted by Crippen LogP contribution is -2.24. The van der Waals surface area contributed by atoms with E-state index in [9.17, 15) is 4.79 Å². The first-order chi connectivity index (χ1) is 8.66. The lowest BCUT2D eigenvalue weighted by Gasteiger charge is -2.21.